The van der Waals surface area contributed by atoms with Crippen LogP contribution in [-0.4, -0.2) is 10.2 Å². The zero-order valence-corrected chi connectivity index (χ0v) is 16.2. The van der Waals surface area contributed by atoms with E-state index in [4.69, 9.17) is 24.4 Å². The van der Waals surface area contributed by atoms with Gasteiger partial charge in [0.1, 0.15) is 0 Å². The molecule has 2 aromatic rings. The lowest BCUT2D eigenvalue weighted by atomic mass is 10.1. The molecule has 0 heterocycles. The number of hydrogen-bond donors (Lipinski definition) is 4. The van der Waals surface area contributed by atoms with Gasteiger partial charge in [0.05, 0.1) is 0 Å². The number of anilines is 2. The molecule has 4 nitrogen and oxygen atoms in total. The molecule has 0 fully saturated rings. The van der Waals surface area contributed by atoms with Crippen molar-refractivity contribution in [2.45, 2.75) is 33.1 Å². The highest BCUT2D eigenvalue weighted by Crippen LogP contribution is 2.12. The van der Waals surface area contributed by atoms with E-state index in [0.29, 0.717) is 10.2 Å². The highest BCUT2D eigenvalue weighted by atomic mass is 32.1. The summed E-state index contributed by atoms with van der Waals surface area (Å²) in [5.74, 6) is 0. The number of thiocarbonyl (C=S) groups is 2. The summed E-state index contributed by atoms with van der Waals surface area (Å²) in [5, 5.41) is 7.13. The van der Waals surface area contributed by atoms with Crippen LogP contribution in [0.3, 0.4) is 0 Å². The van der Waals surface area contributed by atoms with Crippen LogP contribution in [0.25, 0.3) is 0 Å². The van der Waals surface area contributed by atoms with E-state index in [-0.39, 0.29) is 0 Å². The average Bonchev–Trinajstić information content (AvgIpc) is 2.59. The molecule has 132 valence electrons. The van der Waals surface area contributed by atoms with Crippen LogP contribution in [-0.2, 0) is 6.42 Å². The Morgan fingerprint density at radius 3 is 2.12 bits per heavy atom. The highest BCUT2D eigenvalue weighted by Gasteiger charge is 2.01. The first-order valence-corrected chi connectivity index (χ1v) is 9.18. The fourth-order valence-corrected chi connectivity index (χ4v) is 2.63. The molecular formula is C19H24N4S2. The third-order valence-electron chi connectivity index (χ3n) is 3.60. The number of nitrogens with one attached hydrogen (secondary N) is 4. The van der Waals surface area contributed by atoms with Crippen LogP contribution in [0, 0.1) is 6.92 Å². The first kappa shape index (κ1) is 19.1. The molecule has 0 aliphatic heterocycles. The summed E-state index contributed by atoms with van der Waals surface area (Å²) in [6, 6.07) is 16.3. The molecule has 0 aliphatic carbocycles. The molecule has 2 rings (SSSR count). The minimum atomic E-state index is 0.449. The molecule has 2 aromatic carbocycles. The molecule has 0 unspecified atom stereocenters. The predicted molar refractivity (Wildman–Crippen MR) is 115 cm³/mol. The van der Waals surface area contributed by atoms with Gasteiger partial charge in [0.15, 0.2) is 10.2 Å². The van der Waals surface area contributed by atoms with E-state index >= 15 is 0 Å². The Bertz CT molecular complexity index is 714. The summed E-state index contributed by atoms with van der Waals surface area (Å²) >= 11 is 10.5. The van der Waals surface area contributed by atoms with Crippen molar-refractivity contribution in [1.82, 2.24) is 10.9 Å². The second-order valence-corrected chi connectivity index (χ2v) is 6.64. The van der Waals surface area contributed by atoms with Crippen molar-refractivity contribution in [1.29, 1.82) is 0 Å². The van der Waals surface area contributed by atoms with Crippen LogP contribution in [0.4, 0.5) is 11.4 Å². The first-order valence-electron chi connectivity index (χ1n) is 8.36. The zero-order chi connectivity index (χ0) is 18.1. The molecule has 0 radical (unpaired) electrons. The maximum Gasteiger partial charge on any atom is 0.189 e. The van der Waals surface area contributed by atoms with E-state index in [9.17, 15) is 0 Å². The maximum atomic E-state index is 5.27. The molecule has 0 bridgehead atoms. The summed E-state index contributed by atoms with van der Waals surface area (Å²) in [4.78, 5) is 0. The zero-order valence-electron chi connectivity index (χ0n) is 14.6. The van der Waals surface area contributed by atoms with Crippen LogP contribution < -0.4 is 21.5 Å². The summed E-state index contributed by atoms with van der Waals surface area (Å²) in [5.41, 5.74) is 10.1. The monoisotopic (exact) mass is 372 g/mol. The van der Waals surface area contributed by atoms with E-state index in [1.54, 1.807) is 0 Å². The van der Waals surface area contributed by atoms with Gasteiger partial charge in [-0.05, 0) is 79.6 Å². The van der Waals surface area contributed by atoms with Crippen LogP contribution in [0.1, 0.15) is 30.9 Å². The van der Waals surface area contributed by atoms with Gasteiger partial charge in [-0.15, -0.1) is 0 Å². The number of unbranched alkanes of at least 4 members (excludes halogenated alkanes) is 1. The lowest BCUT2D eigenvalue weighted by Gasteiger charge is -2.14. The quantitative estimate of drug-likeness (QED) is 0.457. The minimum Gasteiger partial charge on any atom is -0.331 e. The van der Waals surface area contributed by atoms with Crippen LogP contribution in [0.5, 0.6) is 0 Å². The molecule has 0 saturated heterocycles. The molecular weight excluding hydrogens is 348 g/mol. The van der Waals surface area contributed by atoms with Gasteiger partial charge in [0.2, 0.25) is 0 Å². The van der Waals surface area contributed by atoms with Crippen molar-refractivity contribution in [2.24, 2.45) is 0 Å². The Morgan fingerprint density at radius 2 is 1.52 bits per heavy atom. The van der Waals surface area contributed by atoms with Gasteiger partial charge in [-0.2, -0.15) is 0 Å². The largest absolute Gasteiger partial charge is 0.331 e. The number of aryl methyl sites for hydroxylation is 2. The standard InChI is InChI=1S/C19H24N4S2/c1-3-4-7-15-9-11-16(12-10-15)20-18(24)22-23-19(25)21-17-8-5-6-14(2)13-17/h5-6,8-13H,3-4,7H2,1-2H3,(H2,20,22,24)(H2,21,23,25). The first-order chi connectivity index (χ1) is 12.1. The summed E-state index contributed by atoms with van der Waals surface area (Å²) in [6.07, 6.45) is 3.53. The lowest BCUT2D eigenvalue weighted by Crippen LogP contribution is -2.45. The van der Waals surface area contributed by atoms with E-state index in [2.05, 4.69) is 40.5 Å². The fourth-order valence-electron chi connectivity index (χ4n) is 2.30. The number of rotatable bonds is 5. The highest BCUT2D eigenvalue weighted by molar-refractivity contribution is 7.81. The Labute approximate surface area is 160 Å². The number of benzene rings is 2. The average molecular weight is 373 g/mol. The Hall–Kier alpha value is -2.18. The second-order valence-electron chi connectivity index (χ2n) is 5.83. The van der Waals surface area contributed by atoms with Crippen molar-refractivity contribution < 1.29 is 0 Å². The molecule has 0 aromatic heterocycles. The third kappa shape index (κ3) is 7.07. The van der Waals surface area contributed by atoms with E-state index in [1.807, 2.05) is 43.3 Å². The van der Waals surface area contributed by atoms with Gasteiger partial charge in [0, 0.05) is 11.4 Å². The Kier molecular flexibility index (Phi) is 7.63. The van der Waals surface area contributed by atoms with Crippen molar-refractivity contribution in [3.8, 4) is 0 Å². The SMILES string of the molecule is CCCCc1ccc(NC(=S)NNC(=S)Nc2cccc(C)c2)cc1. The Morgan fingerprint density at radius 1 is 0.880 bits per heavy atom. The van der Waals surface area contributed by atoms with Crippen LogP contribution >= 0.6 is 24.4 Å². The molecule has 0 saturated carbocycles. The molecule has 25 heavy (non-hydrogen) atoms. The van der Waals surface area contributed by atoms with Crippen molar-refractivity contribution >= 4 is 46.0 Å². The van der Waals surface area contributed by atoms with Crippen LogP contribution in [0.15, 0.2) is 48.5 Å². The second kappa shape index (κ2) is 9.96. The van der Waals surface area contributed by atoms with Crippen molar-refractivity contribution in [3.05, 3.63) is 59.7 Å². The van der Waals surface area contributed by atoms with Crippen molar-refractivity contribution in [2.75, 3.05) is 10.6 Å². The third-order valence-corrected chi connectivity index (χ3v) is 4.00. The van der Waals surface area contributed by atoms with Gasteiger partial charge in [0.25, 0.3) is 0 Å². The van der Waals surface area contributed by atoms with Gasteiger partial charge in [-0.3, -0.25) is 10.9 Å². The molecule has 4 N–H and O–H groups in total. The molecule has 6 heteroatoms. The number of hydrazine groups is 1. The fraction of sp³-hybridized carbons (Fsp3) is 0.263. The summed E-state index contributed by atoms with van der Waals surface area (Å²) in [7, 11) is 0. The van der Waals surface area contributed by atoms with E-state index in [0.717, 1.165) is 17.8 Å². The van der Waals surface area contributed by atoms with Gasteiger partial charge in [-0.25, -0.2) is 0 Å². The summed E-state index contributed by atoms with van der Waals surface area (Å²) < 4.78 is 0. The maximum absolute atomic E-state index is 5.27. The Balaban J connectivity index is 1.75. The number of hydrogen-bond acceptors (Lipinski definition) is 2. The van der Waals surface area contributed by atoms with Gasteiger partial charge < -0.3 is 10.6 Å². The van der Waals surface area contributed by atoms with E-state index in [1.165, 1.54) is 24.0 Å². The van der Waals surface area contributed by atoms with E-state index < -0.39 is 0 Å². The van der Waals surface area contributed by atoms with Gasteiger partial charge >= 0.3 is 0 Å². The molecule has 0 amide bonds. The molecule has 0 aliphatic rings. The normalized spacial score (nSPS) is 10.0. The summed E-state index contributed by atoms with van der Waals surface area (Å²) in [6.45, 7) is 4.23. The van der Waals surface area contributed by atoms with Crippen molar-refractivity contribution in [3.63, 3.8) is 0 Å². The molecule has 0 atom stereocenters. The minimum absolute atomic E-state index is 0.449. The smallest absolute Gasteiger partial charge is 0.189 e. The lowest BCUT2D eigenvalue weighted by molar-refractivity contribution is 0.795. The predicted octanol–water partition coefficient (Wildman–Crippen LogP) is 4.53. The van der Waals surface area contributed by atoms with Gasteiger partial charge in [-0.1, -0.05) is 37.6 Å². The topological polar surface area (TPSA) is 48.1 Å². The molecule has 0 spiro atoms. The van der Waals surface area contributed by atoms with Crippen LogP contribution in [0.2, 0.25) is 0 Å².